The van der Waals surface area contributed by atoms with Crippen LogP contribution in [0.25, 0.3) is 0 Å². The van der Waals surface area contributed by atoms with Gasteiger partial charge in [0, 0.05) is 24.7 Å². The summed E-state index contributed by atoms with van der Waals surface area (Å²) in [4.78, 5) is 26.2. The molecule has 0 aromatic heterocycles. The fourth-order valence-corrected chi connectivity index (χ4v) is 2.98. The van der Waals surface area contributed by atoms with Gasteiger partial charge in [0.25, 0.3) is 11.8 Å². The Bertz CT molecular complexity index is 588. The van der Waals surface area contributed by atoms with Crippen LogP contribution in [0.2, 0.25) is 0 Å². The summed E-state index contributed by atoms with van der Waals surface area (Å²) in [5.74, 6) is 0.432. The molecule has 2 heterocycles. The van der Waals surface area contributed by atoms with E-state index in [1.54, 1.807) is 18.2 Å². The molecule has 1 aromatic carbocycles. The number of carbonyl (C=O) groups excluding carboxylic acids is 2. The van der Waals surface area contributed by atoms with Crippen LogP contribution in [-0.4, -0.2) is 49.0 Å². The van der Waals surface area contributed by atoms with Gasteiger partial charge in [-0.1, -0.05) is 6.92 Å². The molecular formula is C16H22ClN3O3. The van der Waals surface area contributed by atoms with Crippen LogP contribution in [0.1, 0.15) is 30.1 Å². The third-order valence-corrected chi connectivity index (χ3v) is 4.06. The maximum atomic E-state index is 12.8. The van der Waals surface area contributed by atoms with Crippen molar-refractivity contribution in [1.82, 2.24) is 10.2 Å². The van der Waals surface area contributed by atoms with Gasteiger partial charge in [-0.3, -0.25) is 9.59 Å². The molecule has 3 rings (SSSR count). The molecule has 1 aromatic rings. The number of hydrogen-bond acceptors (Lipinski definition) is 4. The highest BCUT2D eigenvalue weighted by Crippen LogP contribution is 2.29. The number of rotatable bonds is 4. The van der Waals surface area contributed by atoms with Crippen LogP contribution < -0.4 is 15.4 Å². The molecule has 126 valence electrons. The van der Waals surface area contributed by atoms with Gasteiger partial charge in [-0.15, -0.1) is 12.4 Å². The maximum Gasteiger partial charge on any atom is 0.262 e. The molecule has 0 spiro atoms. The van der Waals surface area contributed by atoms with Gasteiger partial charge in [0.2, 0.25) is 0 Å². The predicted octanol–water partition coefficient (Wildman–Crippen LogP) is 1.65. The summed E-state index contributed by atoms with van der Waals surface area (Å²) in [6.07, 6.45) is 1.91. The number of hydrogen-bond donors (Lipinski definition) is 2. The first-order valence-electron chi connectivity index (χ1n) is 7.77. The minimum Gasteiger partial charge on any atom is -0.482 e. The van der Waals surface area contributed by atoms with E-state index in [4.69, 9.17) is 4.74 Å². The van der Waals surface area contributed by atoms with Gasteiger partial charge < -0.3 is 20.3 Å². The van der Waals surface area contributed by atoms with Crippen molar-refractivity contribution in [2.45, 2.75) is 25.8 Å². The SMILES string of the molecule is CCCN(C(=O)c1ccc2c(c1)NC(=O)CO2)C1CCNC1.Cl. The lowest BCUT2D eigenvalue weighted by Crippen LogP contribution is -2.42. The molecule has 23 heavy (non-hydrogen) atoms. The van der Waals surface area contributed by atoms with Crippen LogP contribution in [0.4, 0.5) is 5.69 Å². The van der Waals surface area contributed by atoms with Crippen molar-refractivity contribution in [3.8, 4) is 5.75 Å². The Morgan fingerprint density at radius 2 is 2.26 bits per heavy atom. The van der Waals surface area contributed by atoms with E-state index in [9.17, 15) is 9.59 Å². The molecule has 2 aliphatic heterocycles. The van der Waals surface area contributed by atoms with Crippen LogP contribution in [0.3, 0.4) is 0 Å². The number of amides is 2. The molecule has 1 atom stereocenters. The Kier molecular flexibility index (Phi) is 5.85. The van der Waals surface area contributed by atoms with E-state index in [0.717, 1.165) is 32.5 Å². The number of fused-ring (bicyclic) bond motifs is 1. The largest absolute Gasteiger partial charge is 0.482 e. The first-order chi connectivity index (χ1) is 10.7. The van der Waals surface area contributed by atoms with Gasteiger partial charge >= 0.3 is 0 Å². The van der Waals surface area contributed by atoms with Gasteiger partial charge in [-0.2, -0.15) is 0 Å². The molecule has 6 nitrogen and oxygen atoms in total. The molecule has 0 bridgehead atoms. The summed E-state index contributed by atoms with van der Waals surface area (Å²) in [5, 5.41) is 6.05. The van der Waals surface area contributed by atoms with Gasteiger partial charge in [0.05, 0.1) is 5.69 Å². The van der Waals surface area contributed by atoms with Crippen LogP contribution >= 0.6 is 12.4 Å². The summed E-state index contributed by atoms with van der Waals surface area (Å²) in [6, 6.07) is 5.47. The summed E-state index contributed by atoms with van der Waals surface area (Å²) in [7, 11) is 0. The Morgan fingerprint density at radius 1 is 1.43 bits per heavy atom. The van der Waals surface area contributed by atoms with E-state index in [1.165, 1.54) is 0 Å². The number of anilines is 1. The molecule has 2 amide bonds. The second kappa shape index (κ2) is 7.66. The van der Waals surface area contributed by atoms with Crippen molar-refractivity contribution in [3.05, 3.63) is 23.8 Å². The number of nitrogens with one attached hydrogen (secondary N) is 2. The highest BCUT2D eigenvalue weighted by molar-refractivity contribution is 6.00. The zero-order valence-corrected chi connectivity index (χ0v) is 13.9. The average molecular weight is 340 g/mol. The Labute approximate surface area is 142 Å². The van der Waals surface area contributed by atoms with Crippen molar-refractivity contribution in [1.29, 1.82) is 0 Å². The summed E-state index contributed by atoms with van der Waals surface area (Å²) < 4.78 is 5.33. The number of halogens is 1. The minimum absolute atomic E-state index is 0. The number of carbonyl (C=O) groups is 2. The van der Waals surface area contributed by atoms with Gasteiger partial charge in [0.1, 0.15) is 5.75 Å². The zero-order valence-electron chi connectivity index (χ0n) is 13.1. The molecule has 2 aliphatic rings. The highest BCUT2D eigenvalue weighted by atomic mass is 35.5. The first kappa shape index (κ1) is 17.6. The molecule has 1 unspecified atom stereocenters. The van der Waals surface area contributed by atoms with Crippen molar-refractivity contribution in [2.24, 2.45) is 0 Å². The van der Waals surface area contributed by atoms with E-state index in [-0.39, 0.29) is 36.9 Å². The predicted molar refractivity (Wildman–Crippen MR) is 90.4 cm³/mol. The molecule has 0 saturated carbocycles. The van der Waals surface area contributed by atoms with E-state index >= 15 is 0 Å². The third kappa shape index (κ3) is 3.76. The molecule has 1 fully saturated rings. The van der Waals surface area contributed by atoms with Gasteiger partial charge in [0.15, 0.2) is 6.61 Å². The quantitative estimate of drug-likeness (QED) is 0.875. The second-order valence-corrected chi connectivity index (χ2v) is 5.69. The van der Waals surface area contributed by atoms with Crippen LogP contribution in [-0.2, 0) is 4.79 Å². The first-order valence-corrected chi connectivity index (χ1v) is 7.77. The van der Waals surface area contributed by atoms with Crippen molar-refractivity contribution in [2.75, 3.05) is 31.6 Å². The van der Waals surface area contributed by atoms with E-state index < -0.39 is 0 Å². The fraction of sp³-hybridized carbons (Fsp3) is 0.500. The lowest BCUT2D eigenvalue weighted by Gasteiger charge is -2.29. The number of ether oxygens (including phenoxy) is 1. The van der Waals surface area contributed by atoms with Crippen molar-refractivity contribution >= 4 is 29.9 Å². The van der Waals surface area contributed by atoms with Crippen LogP contribution in [0.5, 0.6) is 5.75 Å². The molecular weight excluding hydrogens is 318 g/mol. The van der Waals surface area contributed by atoms with Crippen LogP contribution in [0, 0.1) is 0 Å². The standard InChI is InChI=1S/C16H21N3O3.ClH/c1-2-7-19(12-5-6-17-9-12)16(21)11-3-4-14-13(8-11)18-15(20)10-22-14;/h3-4,8,12,17H,2,5-7,9-10H2,1H3,(H,18,20);1H. The normalized spacial score (nSPS) is 19.2. The highest BCUT2D eigenvalue weighted by Gasteiger charge is 2.27. The Hall–Kier alpha value is -1.79. The Morgan fingerprint density at radius 3 is 2.96 bits per heavy atom. The zero-order chi connectivity index (χ0) is 15.5. The lowest BCUT2D eigenvalue weighted by molar-refractivity contribution is -0.118. The molecule has 2 N–H and O–H groups in total. The van der Waals surface area contributed by atoms with E-state index in [2.05, 4.69) is 17.6 Å². The molecule has 0 radical (unpaired) electrons. The molecule has 1 saturated heterocycles. The topological polar surface area (TPSA) is 70.7 Å². The summed E-state index contributed by atoms with van der Waals surface area (Å²) >= 11 is 0. The summed E-state index contributed by atoms with van der Waals surface area (Å²) in [5.41, 5.74) is 1.16. The van der Waals surface area contributed by atoms with Gasteiger partial charge in [-0.05, 0) is 37.6 Å². The monoisotopic (exact) mass is 339 g/mol. The van der Waals surface area contributed by atoms with E-state index in [1.807, 2.05) is 4.90 Å². The fourth-order valence-electron chi connectivity index (χ4n) is 2.98. The van der Waals surface area contributed by atoms with Crippen LogP contribution in [0.15, 0.2) is 18.2 Å². The number of benzene rings is 1. The number of nitrogens with zero attached hydrogens (tertiary/aromatic N) is 1. The smallest absolute Gasteiger partial charge is 0.262 e. The van der Waals surface area contributed by atoms with Gasteiger partial charge in [-0.25, -0.2) is 0 Å². The lowest BCUT2D eigenvalue weighted by atomic mass is 10.1. The second-order valence-electron chi connectivity index (χ2n) is 5.69. The molecule has 0 aliphatic carbocycles. The van der Waals surface area contributed by atoms with E-state index in [0.29, 0.717) is 17.0 Å². The Balaban J connectivity index is 0.00000192. The van der Waals surface area contributed by atoms with Crippen molar-refractivity contribution < 1.29 is 14.3 Å². The van der Waals surface area contributed by atoms with Crippen molar-refractivity contribution in [3.63, 3.8) is 0 Å². The maximum absolute atomic E-state index is 12.8. The minimum atomic E-state index is -0.192. The molecule has 7 heteroatoms. The third-order valence-electron chi connectivity index (χ3n) is 4.06. The average Bonchev–Trinajstić information content (AvgIpc) is 3.05. The summed E-state index contributed by atoms with van der Waals surface area (Å²) in [6.45, 7) is 4.63.